The summed E-state index contributed by atoms with van der Waals surface area (Å²) in [5.74, 6) is -1.20. The van der Waals surface area contributed by atoms with Crippen LogP contribution in [0.2, 0.25) is 0 Å². The van der Waals surface area contributed by atoms with Gasteiger partial charge in [0, 0.05) is 6.42 Å². The van der Waals surface area contributed by atoms with Crippen molar-refractivity contribution >= 4 is 11.9 Å². The highest BCUT2D eigenvalue weighted by molar-refractivity contribution is 5.84. The van der Waals surface area contributed by atoms with E-state index in [4.69, 9.17) is 0 Å². The lowest BCUT2D eigenvalue weighted by Crippen LogP contribution is -2.33. The molecule has 0 spiro atoms. The SMILES string of the molecule is CCCCCCCCCCCCCCCC(=O)N[C@@H](C(=O)O)c1ccccc1. The normalized spacial score (nSPS) is 11.9. The fourth-order valence-electron chi connectivity index (χ4n) is 3.47. The molecule has 1 rings (SSSR count). The third-order valence-electron chi connectivity index (χ3n) is 5.19. The Morgan fingerprint density at radius 1 is 0.786 bits per heavy atom. The number of amides is 1. The molecule has 0 aromatic heterocycles. The number of aliphatic carboxylic acids is 1. The minimum absolute atomic E-state index is 0.181. The Labute approximate surface area is 171 Å². The van der Waals surface area contributed by atoms with Crippen molar-refractivity contribution in [2.24, 2.45) is 0 Å². The predicted molar refractivity (Wildman–Crippen MR) is 115 cm³/mol. The molecule has 0 aliphatic heterocycles. The first-order chi connectivity index (χ1) is 13.6. The van der Waals surface area contributed by atoms with E-state index in [1.54, 1.807) is 24.3 Å². The zero-order valence-electron chi connectivity index (χ0n) is 17.6. The number of hydrogen-bond acceptors (Lipinski definition) is 2. The molecule has 0 aliphatic rings. The summed E-state index contributed by atoms with van der Waals surface area (Å²) < 4.78 is 0. The molecule has 0 saturated heterocycles. The number of carboxylic acid groups (broad SMARTS) is 1. The van der Waals surface area contributed by atoms with Gasteiger partial charge in [0.15, 0.2) is 6.04 Å². The van der Waals surface area contributed by atoms with Crippen LogP contribution in [0.25, 0.3) is 0 Å². The highest BCUT2D eigenvalue weighted by Crippen LogP contribution is 2.15. The van der Waals surface area contributed by atoms with E-state index in [1.807, 2.05) is 6.07 Å². The van der Waals surface area contributed by atoms with E-state index < -0.39 is 12.0 Å². The second-order valence-corrected chi connectivity index (χ2v) is 7.74. The lowest BCUT2D eigenvalue weighted by atomic mass is 10.0. The maximum atomic E-state index is 12.1. The monoisotopic (exact) mass is 389 g/mol. The van der Waals surface area contributed by atoms with Crippen LogP contribution in [0.1, 0.15) is 108 Å². The minimum Gasteiger partial charge on any atom is -0.479 e. The topological polar surface area (TPSA) is 66.4 Å². The molecule has 0 saturated carbocycles. The number of carboxylic acids is 1. The molecule has 4 heteroatoms. The Morgan fingerprint density at radius 2 is 1.25 bits per heavy atom. The molecule has 1 aromatic rings. The van der Waals surface area contributed by atoms with Gasteiger partial charge in [-0.2, -0.15) is 0 Å². The van der Waals surface area contributed by atoms with Gasteiger partial charge in [-0.1, -0.05) is 114 Å². The summed E-state index contributed by atoms with van der Waals surface area (Å²) in [6.07, 6.45) is 16.8. The first-order valence-electron chi connectivity index (χ1n) is 11.2. The first-order valence-corrected chi connectivity index (χ1v) is 11.2. The molecule has 0 bridgehead atoms. The zero-order chi connectivity index (χ0) is 20.5. The largest absolute Gasteiger partial charge is 0.479 e. The summed E-state index contributed by atoms with van der Waals surface area (Å²) in [6, 6.07) is 7.89. The number of carbonyl (C=O) groups excluding carboxylic acids is 1. The lowest BCUT2D eigenvalue weighted by molar-refractivity contribution is -0.142. The van der Waals surface area contributed by atoms with Crippen LogP contribution in [-0.4, -0.2) is 17.0 Å². The van der Waals surface area contributed by atoms with E-state index in [9.17, 15) is 14.7 Å². The lowest BCUT2D eigenvalue weighted by Gasteiger charge is -2.14. The molecule has 0 heterocycles. The number of unbranched alkanes of at least 4 members (excludes halogenated alkanes) is 12. The number of carbonyl (C=O) groups is 2. The quantitative estimate of drug-likeness (QED) is 0.303. The molecule has 158 valence electrons. The number of nitrogens with one attached hydrogen (secondary N) is 1. The van der Waals surface area contributed by atoms with Crippen molar-refractivity contribution in [3.63, 3.8) is 0 Å². The van der Waals surface area contributed by atoms with Crippen LogP contribution in [-0.2, 0) is 9.59 Å². The number of rotatable bonds is 17. The van der Waals surface area contributed by atoms with Crippen LogP contribution < -0.4 is 5.32 Å². The highest BCUT2D eigenvalue weighted by atomic mass is 16.4. The molecule has 2 N–H and O–H groups in total. The van der Waals surface area contributed by atoms with Gasteiger partial charge in [0.1, 0.15) is 0 Å². The van der Waals surface area contributed by atoms with Crippen LogP contribution in [0.4, 0.5) is 0 Å². The van der Waals surface area contributed by atoms with E-state index >= 15 is 0 Å². The van der Waals surface area contributed by atoms with Crippen molar-refractivity contribution in [3.8, 4) is 0 Å². The molecule has 4 nitrogen and oxygen atoms in total. The summed E-state index contributed by atoms with van der Waals surface area (Å²) in [5.41, 5.74) is 0.605. The summed E-state index contributed by atoms with van der Waals surface area (Å²) in [5, 5.41) is 12.0. The maximum absolute atomic E-state index is 12.1. The maximum Gasteiger partial charge on any atom is 0.330 e. The fourth-order valence-corrected chi connectivity index (χ4v) is 3.47. The summed E-state index contributed by atoms with van der Waals surface area (Å²) in [4.78, 5) is 23.5. The van der Waals surface area contributed by atoms with Crippen molar-refractivity contribution in [3.05, 3.63) is 35.9 Å². The van der Waals surface area contributed by atoms with Gasteiger partial charge in [-0.25, -0.2) is 4.79 Å². The second kappa shape index (κ2) is 16.1. The summed E-state index contributed by atoms with van der Waals surface area (Å²) in [6.45, 7) is 2.25. The van der Waals surface area contributed by atoms with Crippen molar-refractivity contribution in [1.82, 2.24) is 5.32 Å². The second-order valence-electron chi connectivity index (χ2n) is 7.74. The van der Waals surface area contributed by atoms with Crippen LogP contribution >= 0.6 is 0 Å². The van der Waals surface area contributed by atoms with E-state index in [2.05, 4.69) is 12.2 Å². The van der Waals surface area contributed by atoms with Gasteiger partial charge < -0.3 is 10.4 Å². The van der Waals surface area contributed by atoms with Crippen molar-refractivity contribution in [1.29, 1.82) is 0 Å². The molecular weight excluding hydrogens is 350 g/mol. The molecular formula is C24H39NO3. The van der Waals surface area contributed by atoms with Gasteiger partial charge in [0.25, 0.3) is 0 Å². The molecule has 0 unspecified atom stereocenters. The molecule has 1 amide bonds. The van der Waals surface area contributed by atoms with Crippen LogP contribution in [0, 0.1) is 0 Å². The third-order valence-corrected chi connectivity index (χ3v) is 5.19. The number of benzene rings is 1. The molecule has 0 radical (unpaired) electrons. The van der Waals surface area contributed by atoms with Gasteiger partial charge in [-0.05, 0) is 12.0 Å². The Bertz CT molecular complexity index is 530. The number of hydrogen-bond donors (Lipinski definition) is 2. The van der Waals surface area contributed by atoms with Crippen molar-refractivity contribution < 1.29 is 14.7 Å². The van der Waals surface area contributed by atoms with Crippen LogP contribution in [0.3, 0.4) is 0 Å². The Kier molecular flexibility index (Phi) is 14.0. The molecule has 1 atom stereocenters. The fraction of sp³-hybridized carbons (Fsp3) is 0.667. The third kappa shape index (κ3) is 11.8. The first kappa shape index (κ1) is 24.2. The average molecular weight is 390 g/mol. The Hall–Kier alpha value is -1.84. The van der Waals surface area contributed by atoms with Crippen molar-refractivity contribution in [2.45, 2.75) is 103 Å². The molecule has 0 aliphatic carbocycles. The highest BCUT2D eigenvalue weighted by Gasteiger charge is 2.21. The standard InChI is InChI=1S/C24H39NO3/c1-2-3-4-5-6-7-8-9-10-11-12-13-17-20-22(26)25-23(24(27)28)21-18-15-14-16-19-21/h14-16,18-19,23H,2-13,17,20H2,1H3,(H,25,26)(H,27,28)/t23-/m1/s1. The van der Waals surface area contributed by atoms with Gasteiger partial charge in [-0.15, -0.1) is 0 Å². The van der Waals surface area contributed by atoms with Crippen LogP contribution in [0.5, 0.6) is 0 Å². The van der Waals surface area contributed by atoms with Gasteiger partial charge in [0.05, 0.1) is 0 Å². The van der Waals surface area contributed by atoms with E-state index in [-0.39, 0.29) is 5.91 Å². The van der Waals surface area contributed by atoms with Gasteiger partial charge >= 0.3 is 5.97 Å². The Morgan fingerprint density at radius 3 is 1.71 bits per heavy atom. The predicted octanol–water partition coefficient (Wildman–Crippen LogP) is 6.41. The zero-order valence-corrected chi connectivity index (χ0v) is 17.6. The van der Waals surface area contributed by atoms with E-state index in [0.29, 0.717) is 12.0 Å². The van der Waals surface area contributed by atoms with Crippen LogP contribution in [0.15, 0.2) is 30.3 Å². The van der Waals surface area contributed by atoms with Gasteiger partial charge in [0.2, 0.25) is 5.91 Å². The average Bonchev–Trinajstić information content (AvgIpc) is 2.70. The summed E-state index contributed by atoms with van der Waals surface area (Å²) in [7, 11) is 0. The van der Waals surface area contributed by atoms with Crippen molar-refractivity contribution in [2.75, 3.05) is 0 Å². The molecule has 1 aromatic carbocycles. The molecule has 0 fully saturated rings. The summed E-state index contributed by atoms with van der Waals surface area (Å²) >= 11 is 0. The molecule has 28 heavy (non-hydrogen) atoms. The Balaban J connectivity index is 2.01. The van der Waals surface area contributed by atoms with E-state index in [0.717, 1.165) is 19.3 Å². The minimum atomic E-state index is -1.02. The smallest absolute Gasteiger partial charge is 0.330 e. The van der Waals surface area contributed by atoms with E-state index in [1.165, 1.54) is 64.2 Å². The van der Waals surface area contributed by atoms with Gasteiger partial charge in [-0.3, -0.25) is 4.79 Å².